The molecule has 0 spiro atoms. The summed E-state index contributed by atoms with van der Waals surface area (Å²) in [5, 5.41) is 0.655. The van der Waals surface area contributed by atoms with Crippen LogP contribution in [0.2, 0.25) is 5.02 Å². The molecule has 1 aromatic heterocycles. The maximum atomic E-state index is 10.9. The van der Waals surface area contributed by atoms with Gasteiger partial charge in [0.25, 0.3) is 0 Å². The number of aromatic nitrogens is 2. The van der Waals surface area contributed by atoms with Crippen LogP contribution in [0, 0.1) is 6.92 Å². The SMILES string of the molecule is Cc1ncc(C=O)c(-c2ccc(Cl)cc2)n1. The highest BCUT2D eigenvalue weighted by molar-refractivity contribution is 6.30. The second kappa shape index (κ2) is 4.41. The lowest BCUT2D eigenvalue weighted by Crippen LogP contribution is -1.96. The van der Waals surface area contributed by atoms with E-state index in [1.54, 1.807) is 19.1 Å². The van der Waals surface area contributed by atoms with Crippen LogP contribution in [-0.2, 0) is 0 Å². The molecule has 0 radical (unpaired) electrons. The molecular weight excluding hydrogens is 224 g/mol. The van der Waals surface area contributed by atoms with E-state index >= 15 is 0 Å². The van der Waals surface area contributed by atoms with Gasteiger partial charge >= 0.3 is 0 Å². The van der Waals surface area contributed by atoms with Crippen LogP contribution in [0.1, 0.15) is 16.2 Å². The molecule has 1 heterocycles. The Bertz CT molecular complexity index is 523. The zero-order valence-electron chi connectivity index (χ0n) is 8.64. The van der Waals surface area contributed by atoms with Crippen molar-refractivity contribution in [1.82, 2.24) is 9.97 Å². The van der Waals surface area contributed by atoms with Crippen LogP contribution in [0.15, 0.2) is 30.5 Å². The number of hydrogen-bond donors (Lipinski definition) is 0. The summed E-state index contributed by atoms with van der Waals surface area (Å²) < 4.78 is 0. The fourth-order valence-electron chi connectivity index (χ4n) is 1.40. The Hall–Kier alpha value is -1.74. The summed E-state index contributed by atoms with van der Waals surface area (Å²) in [6.45, 7) is 1.79. The zero-order valence-corrected chi connectivity index (χ0v) is 9.40. The lowest BCUT2D eigenvalue weighted by molar-refractivity contribution is 0.112. The van der Waals surface area contributed by atoms with Gasteiger partial charge in [-0.25, -0.2) is 9.97 Å². The monoisotopic (exact) mass is 232 g/mol. The van der Waals surface area contributed by atoms with Crippen LogP contribution in [0.3, 0.4) is 0 Å². The van der Waals surface area contributed by atoms with Gasteiger partial charge in [-0.05, 0) is 19.1 Å². The van der Waals surface area contributed by atoms with Crippen LogP contribution in [-0.4, -0.2) is 16.3 Å². The molecule has 0 N–H and O–H groups in total. The fourth-order valence-corrected chi connectivity index (χ4v) is 1.53. The summed E-state index contributed by atoms with van der Waals surface area (Å²) >= 11 is 5.80. The average Bonchev–Trinajstić information content (AvgIpc) is 2.30. The number of halogens is 1. The minimum atomic E-state index is 0.480. The van der Waals surface area contributed by atoms with Gasteiger partial charge in [0.2, 0.25) is 0 Å². The number of carbonyl (C=O) groups is 1. The molecule has 80 valence electrons. The predicted octanol–water partition coefficient (Wildman–Crippen LogP) is 2.92. The summed E-state index contributed by atoms with van der Waals surface area (Å²) in [7, 11) is 0. The van der Waals surface area contributed by atoms with Crippen LogP contribution < -0.4 is 0 Å². The van der Waals surface area contributed by atoms with Gasteiger partial charge in [0.15, 0.2) is 6.29 Å². The molecule has 0 saturated carbocycles. The maximum Gasteiger partial charge on any atom is 0.153 e. The Morgan fingerprint density at radius 2 is 1.94 bits per heavy atom. The van der Waals surface area contributed by atoms with Crippen molar-refractivity contribution in [2.24, 2.45) is 0 Å². The molecule has 0 aliphatic carbocycles. The highest BCUT2D eigenvalue weighted by Gasteiger charge is 2.07. The standard InChI is InChI=1S/C12H9ClN2O/c1-8-14-6-10(7-16)12(15-8)9-2-4-11(13)5-3-9/h2-7H,1H3. The van der Waals surface area contributed by atoms with Crippen molar-refractivity contribution in [3.63, 3.8) is 0 Å². The fraction of sp³-hybridized carbons (Fsp3) is 0.0833. The van der Waals surface area contributed by atoms with Crippen LogP contribution in [0.5, 0.6) is 0 Å². The zero-order chi connectivity index (χ0) is 11.5. The topological polar surface area (TPSA) is 42.9 Å². The normalized spacial score (nSPS) is 10.1. The van der Waals surface area contributed by atoms with Crippen molar-refractivity contribution in [3.05, 3.63) is 46.9 Å². The second-order valence-electron chi connectivity index (χ2n) is 3.35. The van der Waals surface area contributed by atoms with Crippen molar-refractivity contribution >= 4 is 17.9 Å². The van der Waals surface area contributed by atoms with Gasteiger partial charge < -0.3 is 0 Å². The Morgan fingerprint density at radius 3 is 2.56 bits per heavy atom. The first-order chi connectivity index (χ1) is 7.70. The van der Waals surface area contributed by atoms with E-state index in [0.717, 1.165) is 11.8 Å². The van der Waals surface area contributed by atoms with E-state index in [4.69, 9.17) is 11.6 Å². The highest BCUT2D eigenvalue weighted by atomic mass is 35.5. The van der Waals surface area contributed by atoms with E-state index < -0.39 is 0 Å². The first kappa shape index (κ1) is 10.8. The molecule has 0 amide bonds. The molecule has 0 saturated heterocycles. The van der Waals surface area contributed by atoms with Gasteiger partial charge in [-0.2, -0.15) is 0 Å². The van der Waals surface area contributed by atoms with E-state index in [0.29, 0.717) is 22.1 Å². The molecule has 16 heavy (non-hydrogen) atoms. The summed E-state index contributed by atoms with van der Waals surface area (Å²) in [5.41, 5.74) is 1.98. The number of aldehydes is 1. The molecule has 0 bridgehead atoms. The predicted molar refractivity (Wildman–Crippen MR) is 62.6 cm³/mol. The van der Waals surface area contributed by atoms with Crippen molar-refractivity contribution in [1.29, 1.82) is 0 Å². The number of carbonyl (C=O) groups excluding carboxylic acids is 1. The summed E-state index contributed by atoms with van der Waals surface area (Å²) in [5.74, 6) is 0.635. The van der Waals surface area contributed by atoms with E-state index in [1.165, 1.54) is 6.20 Å². The van der Waals surface area contributed by atoms with Crippen molar-refractivity contribution in [2.45, 2.75) is 6.92 Å². The molecule has 0 atom stereocenters. The number of benzene rings is 1. The summed E-state index contributed by atoms with van der Waals surface area (Å²) in [6, 6.07) is 7.19. The van der Waals surface area contributed by atoms with Gasteiger partial charge in [-0.15, -0.1) is 0 Å². The third-order valence-corrected chi connectivity index (χ3v) is 2.43. The van der Waals surface area contributed by atoms with Gasteiger partial charge in [0.05, 0.1) is 11.3 Å². The average molecular weight is 233 g/mol. The quantitative estimate of drug-likeness (QED) is 0.748. The molecule has 3 nitrogen and oxygen atoms in total. The third kappa shape index (κ3) is 2.09. The van der Waals surface area contributed by atoms with Crippen molar-refractivity contribution in [2.75, 3.05) is 0 Å². The van der Waals surface area contributed by atoms with Crippen molar-refractivity contribution in [3.8, 4) is 11.3 Å². The van der Waals surface area contributed by atoms with Gasteiger partial charge in [0.1, 0.15) is 5.82 Å². The Labute approximate surface area is 98.1 Å². The molecule has 0 aliphatic heterocycles. The minimum absolute atomic E-state index is 0.480. The summed E-state index contributed by atoms with van der Waals surface area (Å²) in [6.07, 6.45) is 2.28. The highest BCUT2D eigenvalue weighted by Crippen LogP contribution is 2.21. The Morgan fingerprint density at radius 1 is 1.25 bits per heavy atom. The minimum Gasteiger partial charge on any atom is -0.298 e. The third-order valence-electron chi connectivity index (χ3n) is 2.18. The maximum absolute atomic E-state index is 10.9. The van der Waals surface area contributed by atoms with Crippen LogP contribution in [0.4, 0.5) is 0 Å². The largest absolute Gasteiger partial charge is 0.298 e. The van der Waals surface area contributed by atoms with Crippen molar-refractivity contribution < 1.29 is 4.79 Å². The number of hydrogen-bond acceptors (Lipinski definition) is 3. The van der Waals surface area contributed by atoms with E-state index in [1.807, 2.05) is 12.1 Å². The lowest BCUT2D eigenvalue weighted by Gasteiger charge is -2.04. The second-order valence-corrected chi connectivity index (χ2v) is 3.78. The van der Waals surface area contributed by atoms with Gasteiger partial charge in [0, 0.05) is 16.8 Å². The van der Waals surface area contributed by atoms with Gasteiger partial charge in [-0.3, -0.25) is 4.79 Å². The number of nitrogens with zero attached hydrogens (tertiary/aromatic N) is 2. The molecule has 4 heteroatoms. The smallest absolute Gasteiger partial charge is 0.153 e. The molecule has 2 rings (SSSR count). The van der Waals surface area contributed by atoms with E-state index in [9.17, 15) is 4.79 Å². The van der Waals surface area contributed by atoms with E-state index in [-0.39, 0.29) is 0 Å². The molecule has 2 aromatic rings. The number of aryl methyl sites for hydroxylation is 1. The Balaban J connectivity index is 2.57. The van der Waals surface area contributed by atoms with Crippen LogP contribution >= 0.6 is 11.6 Å². The number of rotatable bonds is 2. The lowest BCUT2D eigenvalue weighted by atomic mass is 10.1. The van der Waals surface area contributed by atoms with Gasteiger partial charge in [-0.1, -0.05) is 23.7 Å². The molecular formula is C12H9ClN2O. The first-order valence-corrected chi connectivity index (χ1v) is 5.13. The Kier molecular flexibility index (Phi) is 2.97. The summed E-state index contributed by atoms with van der Waals surface area (Å²) in [4.78, 5) is 19.1. The van der Waals surface area contributed by atoms with Crippen LogP contribution in [0.25, 0.3) is 11.3 Å². The molecule has 0 fully saturated rings. The molecule has 0 unspecified atom stereocenters. The molecule has 1 aromatic carbocycles. The molecule has 0 aliphatic rings. The first-order valence-electron chi connectivity index (χ1n) is 4.75. The van der Waals surface area contributed by atoms with E-state index in [2.05, 4.69) is 9.97 Å².